The van der Waals surface area contributed by atoms with Crippen LogP contribution in [0, 0.1) is 13.8 Å². The summed E-state index contributed by atoms with van der Waals surface area (Å²) >= 11 is 0. The van der Waals surface area contributed by atoms with E-state index in [1.807, 2.05) is 6.92 Å². The first-order valence-corrected chi connectivity index (χ1v) is 5.32. The predicted octanol–water partition coefficient (Wildman–Crippen LogP) is 1.96. The third-order valence-electron chi connectivity index (χ3n) is 2.36. The number of hydrogen-bond acceptors (Lipinski definition) is 5. The van der Waals surface area contributed by atoms with Gasteiger partial charge in [-0.2, -0.15) is 4.98 Å². The van der Waals surface area contributed by atoms with Gasteiger partial charge in [0.25, 0.3) is 0 Å². The largest absolute Gasteiger partial charge is 0.485 e. The van der Waals surface area contributed by atoms with Gasteiger partial charge in [-0.05, 0) is 24.6 Å². The molecule has 1 aromatic carbocycles. The molecule has 0 radical (unpaired) electrons. The minimum atomic E-state index is -0.991. The van der Waals surface area contributed by atoms with Gasteiger partial charge in [-0.3, -0.25) is 0 Å². The highest BCUT2D eigenvalue weighted by molar-refractivity contribution is 5.88. The molecule has 2 rings (SSSR count). The van der Waals surface area contributed by atoms with E-state index < -0.39 is 5.97 Å². The summed E-state index contributed by atoms with van der Waals surface area (Å²) < 4.78 is 10.3. The molecule has 94 valence electrons. The number of aryl methyl sites for hydroxylation is 2. The molecule has 0 unspecified atom stereocenters. The minimum Gasteiger partial charge on any atom is -0.485 e. The number of carboxylic acids is 1. The minimum absolute atomic E-state index is 0.140. The Labute approximate surface area is 103 Å². The highest BCUT2D eigenvalue weighted by Gasteiger charge is 2.09. The molecule has 0 saturated heterocycles. The van der Waals surface area contributed by atoms with Crippen molar-refractivity contribution in [1.29, 1.82) is 0 Å². The van der Waals surface area contributed by atoms with E-state index in [1.165, 1.54) is 12.1 Å². The van der Waals surface area contributed by atoms with Gasteiger partial charge < -0.3 is 14.4 Å². The van der Waals surface area contributed by atoms with Gasteiger partial charge in [0.2, 0.25) is 11.7 Å². The predicted molar refractivity (Wildman–Crippen MR) is 61.5 cm³/mol. The molecule has 0 bridgehead atoms. The summed E-state index contributed by atoms with van der Waals surface area (Å²) in [7, 11) is 0. The van der Waals surface area contributed by atoms with Crippen LogP contribution in [0.25, 0.3) is 0 Å². The average molecular weight is 248 g/mol. The van der Waals surface area contributed by atoms with E-state index in [-0.39, 0.29) is 12.2 Å². The third kappa shape index (κ3) is 2.65. The maximum absolute atomic E-state index is 10.8. The Morgan fingerprint density at radius 2 is 2.22 bits per heavy atom. The fraction of sp³-hybridized carbons (Fsp3) is 0.250. The lowest BCUT2D eigenvalue weighted by Crippen LogP contribution is -2.02. The van der Waals surface area contributed by atoms with Gasteiger partial charge in [0, 0.05) is 6.92 Å². The summed E-state index contributed by atoms with van der Waals surface area (Å²) in [4.78, 5) is 14.8. The van der Waals surface area contributed by atoms with Crippen molar-refractivity contribution < 1.29 is 19.2 Å². The molecule has 0 atom stereocenters. The molecular formula is C12H12N2O4. The monoisotopic (exact) mass is 248 g/mol. The van der Waals surface area contributed by atoms with Crippen molar-refractivity contribution in [2.24, 2.45) is 0 Å². The second-order valence-electron chi connectivity index (χ2n) is 3.80. The van der Waals surface area contributed by atoms with Gasteiger partial charge in [0.05, 0.1) is 5.56 Å². The van der Waals surface area contributed by atoms with Gasteiger partial charge >= 0.3 is 5.97 Å². The quantitative estimate of drug-likeness (QED) is 0.890. The molecular weight excluding hydrogens is 236 g/mol. The summed E-state index contributed by atoms with van der Waals surface area (Å²) in [6, 6.07) is 4.70. The smallest absolute Gasteiger partial charge is 0.335 e. The van der Waals surface area contributed by atoms with Gasteiger partial charge in [-0.15, -0.1) is 0 Å². The number of nitrogens with zero attached hydrogens (tertiary/aromatic N) is 2. The van der Waals surface area contributed by atoms with E-state index >= 15 is 0 Å². The highest BCUT2D eigenvalue weighted by atomic mass is 16.5. The van der Waals surface area contributed by atoms with Crippen LogP contribution in [0.1, 0.15) is 27.6 Å². The number of rotatable bonds is 4. The molecule has 0 saturated carbocycles. The van der Waals surface area contributed by atoms with E-state index in [4.69, 9.17) is 14.4 Å². The van der Waals surface area contributed by atoms with Crippen molar-refractivity contribution in [1.82, 2.24) is 10.1 Å². The van der Waals surface area contributed by atoms with Crippen LogP contribution in [-0.4, -0.2) is 21.2 Å². The number of aromatic nitrogens is 2. The first kappa shape index (κ1) is 12.1. The van der Waals surface area contributed by atoms with Crippen molar-refractivity contribution >= 4 is 5.97 Å². The van der Waals surface area contributed by atoms with Crippen LogP contribution in [0.2, 0.25) is 0 Å². The molecule has 1 N–H and O–H groups in total. The van der Waals surface area contributed by atoms with Crippen molar-refractivity contribution in [2.45, 2.75) is 20.5 Å². The highest BCUT2D eigenvalue weighted by Crippen LogP contribution is 2.20. The Morgan fingerprint density at radius 1 is 1.44 bits per heavy atom. The zero-order valence-electron chi connectivity index (χ0n) is 10.0. The SMILES string of the molecule is Cc1nc(COc2cc(C(=O)O)ccc2C)no1. The van der Waals surface area contributed by atoms with Crippen molar-refractivity contribution in [3.05, 3.63) is 41.0 Å². The summed E-state index contributed by atoms with van der Waals surface area (Å²) in [5.41, 5.74) is 1.03. The van der Waals surface area contributed by atoms with E-state index in [0.29, 0.717) is 17.5 Å². The standard InChI is InChI=1S/C12H12N2O4/c1-7-3-4-9(12(15)16)5-10(7)17-6-11-13-8(2)18-14-11/h3-5H,6H2,1-2H3,(H,15,16). The number of aromatic carboxylic acids is 1. The number of ether oxygens (including phenoxy) is 1. The Kier molecular flexibility index (Phi) is 3.27. The fourth-order valence-corrected chi connectivity index (χ4v) is 1.43. The molecule has 0 fully saturated rings. The number of carboxylic acid groups (broad SMARTS) is 1. The normalized spacial score (nSPS) is 10.3. The number of hydrogen-bond donors (Lipinski definition) is 1. The average Bonchev–Trinajstić information content (AvgIpc) is 2.74. The van der Waals surface area contributed by atoms with Crippen molar-refractivity contribution in [2.75, 3.05) is 0 Å². The van der Waals surface area contributed by atoms with E-state index in [1.54, 1.807) is 13.0 Å². The Balaban J connectivity index is 2.13. The second-order valence-corrected chi connectivity index (χ2v) is 3.80. The molecule has 1 heterocycles. The molecule has 1 aromatic heterocycles. The molecule has 0 spiro atoms. The third-order valence-corrected chi connectivity index (χ3v) is 2.36. The van der Waals surface area contributed by atoms with Crippen LogP contribution in [0.3, 0.4) is 0 Å². The van der Waals surface area contributed by atoms with Gasteiger partial charge in [-0.1, -0.05) is 11.2 Å². The van der Waals surface area contributed by atoms with Crippen LogP contribution in [-0.2, 0) is 6.61 Å². The maximum atomic E-state index is 10.8. The lowest BCUT2D eigenvalue weighted by atomic mass is 10.1. The summed E-state index contributed by atoms with van der Waals surface area (Å²) in [6.07, 6.45) is 0. The van der Waals surface area contributed by atoms with Gasteiger partial charge in [0.15, 0.2) is 6.61 Å². The van der Waals surface area contributed by atoms with Crippen molar-refractivity contribution in [3.8, 4) is 5.75 Å². The molecule has 0 aliphatic rings. The Hall–Kier alpha value is -2.37. The van der Waals surface area contributed by atoms with Crippen LogP contribution < -0.4 is 4.74 Å². The summed E-state index contributed by atoms with van der Waals surface area (Å²) in [6.45, 7) is 3.66. The molecule has 6 nitrogen and oxygen atoms in total. The van der Waals surface area contributed by atoms with Crippen LogP contribution in [0.4, 0.5) is 0 Å². The zero-order chi connectivity index (χ0) is 13.1. The Bertz CT molecular complexity index is 577. The summed E-state index contributed by atoms with van der Waals surface area (Å²) in [5, 5.41) is 12.6. The van der Waals surface area contributed by atoms with E-state index in [2.05, 4.69) is 10.1 Å². The van der Waals surface area contributed by atoms with Crippen LogP contribution in [0.5, 0.6) is 5.75 Å². The first-order valence-electron chi connectivity index (χ1n) is 5.32. The maximum Gasteiger partial charge on any atom is 0.335 e. The molecule has 0 amide bonds. The van der Waals surface area contributed by atoms with Crippen LogP contribution >= 0.6 is 0 Å². The van der Waals surface area contributed by atoms with Crippen molar-refractivity contribution in [3.63, 3.8) is 0 Å². The second kappa shape index (κ2) is 4.87. The molecule has 2 aromatic rings. The van der Waals surface area contributed by atoms with E-state index in [9.17, 15) is 4.79 Å². The first-order chi connectivity index (χ1) is 8.56. The fourth-order valence-electron chi connectivity index (χ4n) is 1.43. The molecule has 6 heteroatoms. The lowest BCUT2D eigenvalue weighted by Gasteiger charge is -2.07. The number of benzene rings is 1. The molecule has 0 aliphatic heterocycles. The van der Waals surface area contributed by atoms with Gasteiger partial charge in [-0.25, -0.2) is 4.79 Å². The summed E-state index contributed by atoms with van der Waals surface area (Å²) in [5.74, 6) is 0.393. The number of carbonyl (C=O) groups is 1. The molecule has 0 aliphatic carbocycles. The van der Waals surface area contributed by atoms with Gasteiger partial charge in [0.1, 0.15) is 5.75 Å². The lowest BCUT2D eigenvalue weighted by molar-refractivity contribution is 0.0696. The Morgan fingerprint density at radius 3 is 2.83 bits per heavy atom. The topological polar surface area (TPSA) is 85.5 Å². The van der Waals surface area contributed by atoms with E-state index in [0.717, 1.165) is 5.56 Å². The zero-order valence-corrected chi connectivity index (χ0v) is 10.0. The molecule has 18 heavy (non-hydrogen) atoms. The van der Waals surface area contributed by atoms with Crippen LogP contribution in [0.15, 0.2) is 22.7 Å².